The molecule has 80 valence electrons. The summed E-state index contributed by atoms with van der Waals surface area (Å²) in [6.07, 6.45) is 0. The Balaban J connectivity index is 2.78. The SMILES string of the molecule is COCC(N)c1csc(C(C)(C)C)n1. The molecule has 14 heavy (non-hydrogen) atoms. The minimum absolute atomic E-state index is 0.104. The normalized spacial score (nSPS) is 14.4. The van der Waals surface area contributed by atoms with Gasteiger partial charge in [-0.15, -0.1) is 11.3 Å². The van der Waals surface area contributed by atoms with Gasteiger partial charge in [-0.3, -0.25) is 0 Å². The van der Waals surface area contributed by atoms with Gasteiger partial charge in [-0.05, 0) is 0 Å². The molecule has 1 atom stereocenters. The fraction of sp³-hybridized carbons (Fsp3) is 0.700. The van der Waals surface area contributed by atoms with E-state index >= 15 is 0 Å². The molecule has 0 aromatic carbocycles. The highest BCUT2D eigenvalue weighted by atomic mass is 32.1. The van der Waals surface area contributed by atoms with Crippen molar-refractivity contribution in [3.05, 3.63) is 16.1 Å². The molecule has 0 saturated carbocycles. The summed E-state index contributed by atoms with van der Waals surface area (Å²) in [5.74, 6) is 0. The van der Waals surface area contributed by atoms with Crippen LogP contribution < -0.4 is 5.73 Å². The number of nitrogens with zero attached hydrogens (tertiary/aromatic N) is 1. The molecule has 1 aromatic rings. The monoisotopic (exact) mass is 214 g/mol. The number of ether oxygens (including phenoxy) is 1. The molecule has 3 nitrogen and oxygen atoms in total. The van der Waals surface area contributed by atoms with Crippen molar-refractivity contribution in [3.8, 4) is 0 Å². The Hall–Kier alpha value is -0.450. The van der Waals surface area contributed by atoms with E-state index in [4.69, 9.17) is 10.5 Å². The summed E-state index contributed by atoms with van der Waals surface area (Å²) < 4.78 is 4.99. The molecule has 0 aliphatic heterocycles. The first-order chi connectivity index (χ1) is 6.45. The molecule has 0 aliphatic rings. The Morgan fingerprint density at radius 2 is 2.21 bits per heavy atom. The van der Waals surface area contributed by atoms with Crippen LogP contribution in [0.3, 0.4) is 0 Å². The molecular formula is C10H18N2OS. The van der Waals surface area contributed by atoms with Crippen LogP contribution in [0.2, 0.25) is 0 Å². The molecule has 0 amide bonds. The summed E-state index contributed by atoms with van der Waals surface area (Å²) >= 11 is 1.66. The van der Waals surface area contributed by atoms with Gasteiger partial charge in [0.15, 0.2) is 0 Å². The van der Waals surface area contributed by atoms with Crippen molar-refractivity contribution in [3.63, 3.8) is 0 Å². The lowest BCUT2D eigenvalue weighted by Gasteiger charge is -2.14. The number of aromatic nitrogens is 1. The lowest BCUT2D eigenvalue weighted by atomic mass is 9.98. The topological polar surface area (TPSA) is 48.1 Å². The number of hydrogen-bond donors (Lipinski definition) is 1. The van der Waals surface area contributed by atoms with Crippen LogP contribution in [0.1, 0.15) is 37.5 Å². The predicted molar refractivity (Wildman–Crippen MR) is 59.6 cm³/mol. The first-order valence-electron chi connectivity index (χ1n) is 4.65. The van der Waals surface area contributed by atoms with Gasteiger partial charge in [-0.1, -0.05) is 20.8 Å². The van der Waals surface area contributed by atoms with E-state index in [2.05, 4.69) is 25.8 Å². The lowest BCUT2D eigenvalue weighted by Crippen LogP contribution is -2.17. The van der Waals surface area contributed by atoms with Crippen LogP contribution >= 0.6 is 11.3 Å². The number of hydrogen-bond acceptors (Lipinski definition) is 4. The van der Waals surface area contributed by atoms with Crippen LogP contribution in [0.15, 0.2) is 5.38 Å². The van der Waals surface area contributed by atoms with E-state index in [1.54, 1.807) is 18.4 Å². The van der Waals surface area contributed by atoms with Crippen molar-refractivity contribution in [2.45, 2.75) is 32.2 Å². The molecule has 1 unspecified atom stereocenters. The highest BCUT2D eigenvalue weighted by molar-refractivity contribution is 7.09. The first kappa shape index (κ1) is 11.6. The molecule has 0 aliphatic carbocycles. The van der Waals surface area contributed by atoms with Crippen molar-refractivity contribution >= 4 is 11.3 Å². The Kier molecular flexibility index (Phi) is 3.64. The molecule has 1 aromatic heterocycles. The van der Waals surface area contributed by atoms with Crippen LogP contribution in [0, 0.1) is 0 Å². The zero-order valence-corrected chi connectivity index (χ0v) is 10.0. The van der Waals surface area contributed by atoms with Gasteiger partial charge < -0.3 is 10.5 Å². The van der Waals surface area contributed by atoms with Crippen LogP contribution in [-0.4, -0.2) is 18.7 Å². The van der Waals surface area contributed by atoms with E-state index in [9.17, 15) is 0 Å². The maximum Gasteiger partial charge on any atom is 0.0982 e. The lowest BCUT2D eigenvalue weighted by molar-refractivity contribution is 0.179. The zero-order valence-electron chi connectivity index (χ0n) is 9.20. The molecule has 4 heteroatoms. The van der Waals surface area contributed by atoms with Crippen LogP contribution in [0.25, 0.3) is 0 Å². The molecule has 2 N–H and O–H groups in total. The minimum Gasteiger partial charge on any atom is -0.383 e. The van der Waals surface area contributed by atoms with E-state index in [1.165, 1.54) is 0 Å². The van der Waals surface area contributed by atoms with E-state index < -0.39 is 0 Å². The summed E-state index contributed by atoms with van der Waals surface area (Å²) in [7, 11) is 1.65. The molecule has 1 heterocycles. The predicted octanol–water partition coefficient (Wildman–Crippen LogP) is 2.09. The van der Waals surface area contributed by atoms with Gasteiger partial charge in [0.1, 0.15) is 0 Å². The molecule has 0 fully saturated rings. The maximum absolute atomic E-state index is 5.88. The van der Waals surface area contributed by atoms with Crippen molar-refractivity contribution in [2.24, 2.45) is 5.73 Å². The smallest absolute Gasteiger partial charge is 0.0982 e. The molecule has 0 bridgehead atoms. The Labute approximate surface area is 89.3 Å². The fourth-order valence-corrected chi connectivity index (χ4v) is 2.04. The highest BCUT2D eigenvalue weighted by Gasteiger charge is 2.19. The summed E-state index contributed by atoms with van der Waals surface area (Å²) in [5, 5.41) is 3.14. The maximum atomic E-state index is 5.88. The largest absolute Gasteiger partial charge is 0.383 e. The van der Waals surface area contributed by atoms with E-state index in [-0.39, 0.29) is 11.5 Å². The minimum atomic E-state index is -0.104. The summed E-state index contributed by atoms with van der Waals surface area (Å²) in [6.45, 7) is 6.97. The average molecular weight is 214 g/mol. The second kappa shape index (κ2) is 4.38. The van der Waals surface area contributed by atoms with Crippen LogP contribution in [0.4, 0.5) is 0 Å². The Bertz CT molecular complexity index is 291. The summed E-state index contributed by atoms with van der Waals surface area (Å²) in [4.78, 5) is 4.51. The number of methoxy groups -OCH3 is 1. The van der Waals surface area contributed by atoms with E-state index in [0.717, 1.165) is 10.7 Å². The van der Waals surface area contributed by atoms with Gasteiger partial charge in [0.2, 0.25) is 0 Å². The standard InChI is InChI=1S/C10H18N2OS/c1-10(2,3)9-12-8(6-14-9)7(11)5-13-4/h6-7H,5,11H2,1-4H3. The molecular weight excluding hydrogens is 196 g/mol. The number of rotatable bonds is 3. The average Bonchev–Trinajstić information content (AvgIpc) is 2.51. The van der Waals surface area contributed by atoms with Crippen LogP contribution in [0.5, 0.6) is 0 Å². The van der Waals surface area contributed by atoms with E-state index in [0.29, 0.717) is 6.61 Å². The van der Waals surface area contributed by atoms with Gasteiger partial charge in [-0.2, -0.15) is 0 Å². The van der Waals surface area contributed by atoms with Gasteiger partial charge in [0.25, 0.3) is 0 Å². The quantitative estimate of drug-likeness (QED) is 0.838. The third-order valence-corrected chi connectivity index (χ3v) is 3.18. The molecule has 0 spiro atoms. The van der Waals surface area contributed by atoms with E-state index in [1.807, 2.05) is 5.38 Å². The van der Waals surface area contributed by atoms with Crippen LogP contribution in [-0.2, 0) is 10.2 Å². The molecule has 1 rings (SSSR count). The third-order valence-electron chi connectivity index (χ3n) is 1.89. The van der Waals surface area contributed by atoms with Gasteiger partial charge >= 0.3 is 0 Å². The van der Waals surface area contributed by atoms with Crippen molar-refractivity contribution < 1.29 is 4.74 Å². The van der Waals surface area contributed by atoms with Gasteiger partial charge in [-0.25, -0.2) is 4.98 Å². The van der Waals surface area contributed by atoms with Gasteiger partial charge in [0.05, 0.1) is 23.4 Å². The highest BCUT2D eigenvalue weighted by Crippen LogP contribution is 2.27. The zero-order chi connectivity index (χ0) is 10.8. The molecule has 0 radical (unpaired) electrons. The van der Waals surface area contributed by atoms with Gasteiger partial charge in [0, 0.05) is 17.9 Å². The second-order valence-corrected chi connectivity index (χ2v) is 5.25. The van der Waals surface area contributed by atoms with Crippen molar-refractivity contribution in [2.75, 3.05) is 13.7 Å². The second-order valence-electron chi connectivity index (χ2n) is 4.39. The Morgan fingerprint density at radius 1 is 1.57 bits per heavy atom. The first-order valence-corrected chi connectivity index (χ1v) is 5.53. The summed E-state index contributed by atoms with van der Waals surface area (Å²) in [5.41, 5.74) is 6.92. The Morgan fingerprint density at radius 3 is 2.64 bits per heavy atom. The fourth-order valence-electron chi connectivity index (χ4n) is 1.07. The third kappa shape index (κ3) is 2.77. The number of thiazole rings is 1. The molecule has 0 saturated heterocycles. The number of nitrogens with two attached hydrogens (primary N) is 1. The van der Waals surface area contributed by atoms with Crippen molar-refractivity contribution in [1.82, 2.24) is 4.98 Å². The van der Waals surface area contributed by atoms with Crippen molar-refractivity contribution in [1.29, 1.82) is 0 Å². The summed E-state index contributed by atoms with van der Waals surface area (Å²) in [6, 6.07) is -0.104.